The molecule has 5 rings (SSSR count). The number of benzene rings is 3. The molecule has 0 saturated carbocycles. The summed E-state index contributed by atoms with van der Waals surface area (Å²) in [6.07, 6.45) is 1.62. The molecule has 7 nitrogen and oxygen atoms in total. The molecule has 0 fully saturated rings. The minimum atomic E-state index is -0.377. The number of amides is 1. The molecule has 0 aliphatic carbocycles. The first kappa shape index (κ1) is 21.6. The average Bonchev–Trinajstić information content (AvgIpc) is 3.08. The van der Waals surface area contributed by atoms with Crippen LogP contribution in [-0.2, 0) is 0 Å². The number of anilines is 2. The van der Waals surface area contributed by atoms with Gasteiger partial charge in [-0.15, -0.1) is 0 Å². The molecule has 5 aromatic rings. The summed E-state index contributed by atoms with van der Waals surface area (Å²) >= 11 is 6.10. The highest BCUT2D eigenvalue weighted by Gasteiger charge is 2.24. The Morgan fingerprint density at radius 2 is 1.79 bits per heavy atom. The molecule has 0 unspecified atom stereocenters. The number of nitrogens with zero attached hydrogens (tertiary/aromatic N) is 4. The lowest BCUT2D eigenvalue weighted by molar-refractivity contribution is 0.102. The number of hydrogen-bond donors (Lipinski definition) is 2. The fraction of sp³-hybridized carbons (Fsp3) is 0.0769. The number of nitrogens with one attached hydrogen (secondary N) is 1. The molecule has 0 aliphatic heterocycles. The summed E-state index contributed by atoms with van der Waals surface area (Å²) in [5, 5.41) is 8.08. The van der Waals surface area contributed by atoms with Gasteiger partial charge < -0.3 is 11.1 Å². The summed E-state index contributed by atoms with van der Waals surface area (Å²) in [5.41, 5.74) is 12.3. The lowest BCUT2D eigenvalue weighted by Crippen LogP contribution is -2.15. The summed E-state index contributed by atoms with van der Waals surface area (Å²) < 4.78 is 1.44. The molecule has 3 aromatic carbocycles. The smallest absolute Gasteiger partial charge is 0.261 e. The number of rotatable bonds is 4. The molecule has 0 bridgehead atoms. The second-order valence-electron chi connectivity index (χ2n) is 8.03. The van der Waals surface area contributed by atoms with Crippen molar-refractivity contribution in [2.75, 3.05) is 11.1 Å². The van der Waals surface area contributed by atoms with Gasteiger partial charge >= 0.3 is 0 Å². The monoisotopic (exact) mass is 468 g/mol. The van der Waals surface area contributed by atoms with Crippen molar-refractivity contribution in [1.82, 2.24) is 14.6 Å². The van der Waals surface area contributed by atoms with Gasteiger partial charge in [0.15, 0.2) is 5.65 Å². The van der Waals surface area contributed by atoms with Crippen molar-refractivity contribution in [1.29, 1.82) is 0 Å². The van der Waals surface area contributed by atoms with Gasteiger partial charge in [0.05, 0.1) is 17.2 Å². The Morgan fingerprint density at radius 3 is 2.56 bits per heavy atom. The molecule has 34 heavy (non-hydrogen) atoms. The van der Waals surface area contributed by atoms with Crippen LogP contribution in [0.4, 0.5) is 11.5 Å². The van der Waals surface area contributed by atoms with E-state index in [2.05, 4.69) is 10.4 Å². The highest BCUT2D eigenvalue weighted by atomic mass is 35.5. The predicted octanol–water partition coefficient (Wildman–Crippen LogP) is 5.57. The Balaban J connectivity index is 1.67. The van der Waals surface area contributed by atoms with Crippen LogP contribution in [0.1, 0.15) is 27.0 Å². The van der Waals surface area contributed by atoms with Crippen molar-refractivity contribution in [3.63, 3.8) is 0 Å². The Bertz CT molecular complexity index is 1600. The van der Waals surface area contributed by atoms with Gasteiger partial charge in [0.25, 0.3) is 5.91 Å². The van der Waals surface area contributed by atoms with Crippen LogP contribution in [0.5, 0.6) is 0 Å². The summed E-state index contributed by atoms with van der Waals surface area (Å²) in [6, 6.07) is 20.6. The average molecular weight is 469 g/mol. The maximum absolute atomic E-state index is 13.4. The van der Waals surface area contributed by atoms with Crippen molar-refractivity contribution in [2.45, 2.75) is 13.8 Å². The number of nitrogens with two attached hydrogens (primary N) is 1. The first-order valence-corrected chi connectivity index (χ1v) is 11.0. The van der Waals surface area contributed by atoms with Crippen LogP contribution in [0.15, 0.2) is 71.8 Å². The SMILES string of the molecule is Cc1ccc(C)c(NC(=O)c2c(N)n(/N=C/c3cccc(Cl)c3)c3nc4ccccc4nc23)c1. The van der Waals surface area contributed by atoms with E-state index < -0.39 is 0 Å². The molecule has 0 saturated heterocycles. The lowest BCUT2D eigenvalue weighted by atomic mass is 10.1. The third kappa shape index (κ3) is 3.97. The second kappa shape index (κ2) is 8.61. The first-order valence-electron chi connectivity index (χ1n) is 10.7. The van der Waals surface area contributed by atoms with Crippen LogP contribution in [0, 0.1) is 13.8 Å². The van der Waals surface area contributed by atoms with Gasteiger partial charge in [-0.1, -0.05) is 48.0 Å². The van der Waals surface area contributed by atoms with Crippen LogP contribution in [-0.4, -0.2) is 26.8 Å². The number of carbonyl (C=O) groups is 1. The van der Waals surface area contributed by atoms with Gasteiger partial charge in [-0.25, -0.2) is 9.97 Å². The molecule has 8 heteroatoms. The fourth-order valence-electron chi connectivity index (χ4n) is 3.75. The molecular weight excluding hydrogens is 448 g/mol. The molecule has 168 valence electrons. The zero-order valence-corrected chi connectivity index (χ0v) is 19.3. The minimum absolute atomic E-state index is 0.145. The van der Waals surface area contributed by atoms with Gasteiger partial charge in [0, 0.05) is 10.7 Å². The molecule has 0 aliphatic rings. The van der Waals surface area contributed by atoms with Gasteiger partial charge in [-0.2, -0.15) is 9.78 Å². The molecule has 0 radical (unpaired) electrons. The van der Waals surface area contributed by atoms with E-state index in [1.54, 1.807) is 18.3 Å². The molecule has 1 amide bonds. The molecule has 2 heterocycles. The first-order chi connectivity index (χ1) is 16.4. The van der Waals surface area contributed by atoms with Crippen LogP contribution >= 0.6 is 11.6 Å². The lowest BCUT2D eigenvalue weighted by Gasteiger charge is -2.09. The normalized spacial score (nSPS) is 11.5. The second-order valence-corrected chi connectivity index (χ2v) is 8.47. The van der Waals surface area contributed by atoms with Crippen LogP contribution < -0.4 is 11.1 Å². The van der Waals surface area contributed by atoms with E-state index in [9.17, 15) is 4.79 Å². The summed E-state index contributed by atoms with van der Waals surface area (Å²) in [7, 11) is 0. The third-order valence-electron chi connectivity index (χ3n) is 5.51. The Hall–Kier alpha value is -4.23. The number of halogens is 1. The maximum atomic E-state index is 13.4. The third-order valence-corrected chi connectivity index (χ3v) is 5.75. The van der Waals surface area contributed by atoms with Gasteiger partial charge in [0.1, 0.15) is 16.9 Å². The highest BCUT2D eigenvalue weighted by molar-refractivity contribution is 6.30. The molecular formula is C26H21ClN6O. The Kier molecular flexibility index (Phi) is 5.47. The number of hydrogen-bond acceptors (Lipinski definition) is 5. The summed E-state index contributed by atoms with van der Waals surface area (Å²) in [6.45, 7) is 3.90. The van der Waals surface area contributed by atoms with Crippen molar-refractivity contribution in [3.05, 3.63) is 94.0 Å². The largest absolute Gasteiger partial charge is 0.383 e. The van der Waals surface area contributed by atoms with Crippen molar-refractivity contribution < 1.29 is 4.79 Å². The van der Waals surface area contributed by atoms with Crippen molar-refractivity contribution >= 4 is 57.4 Å². The topological polar surface area (TPSA) is 98.2 Å². The van der Waals surface area contributed by atoms with E-state index in [4.69, 9.17) is 27.3 Å². The van der Waals surface area contributed by atoms with E-state index in [0.717, 1.165) is 16.7 Å². The number of para-hydroxylation sites is 2. The predicted molar refractivity (Wildman–Crippen MR) is 138 cm³/mol. The zero-order chi connectivity index (χ0) is 23.8. The van der Waals surface area contributed by atoms with Gasteiger partial charge in [0.2, 0.25) is 0 Å². The highest BCUT2D eigenvalue weighted by Crippen LogP contribution is 2.29. The molecule has 3 N–H and O–H groups in total. The fourth-order valence-corrected chi connectivity index (χ4v) is 3.95. The number of carbonyl (C=O) groups excluding carboxylic acids is 1. The van der Waals surface area contributed by atoms with Crippen LogP contribution in [0.2, 0.25) is 5.02 Å². The molecule has 0 spiro atoms. The molecule has 0 atom stereocenters. The zero-order valence-electron chi connectivity index (χ0n) is 18.6. The maximum Gasteiger partial charge on any atom is 0.261 e. The van der Waals surface area contributed by atoms with E-state index in [1.165, 1.54) is 4.68 Å². The Morgan fingerprint density at radius 1 is 1.03 bits per heavy atom. The van der Waals surface area contributed by atoms with Crippen molar-refractivity contribution in [3.8, 4) is 0 Å². The van der Waals surface area contributed by atoms with Crippen molar-refractivity contribution in [2.24, 2.45) is 5.10 Å². The molecule has 2 aromatic heterocycles. The number of aryl methyl sites for hydroxylation is 2. The Labute approximate surface area is 200 Å². The standard InChI is InChI=1S/C26H21ClN6O/c1-15-10-11-16(2)21(12-15)32-26(34)22-23-25(31-20-9-4-3-8-19(20)30-23)33(24(22)28)29-14-17-6-5-7-18(27)13-17/h3-14H,28H2,1-2H3,(H,32,34)/b29-14+. The quantitative estimate of drug-likeness (QED) is 0.337. The summed E-state index contributed by atoms with van der Waals surface area (Å²) in [5.74, 6) is -0.233. The van der Waals surface area contributed by atoms with Crippen LogP contribution in [0.25, 0.3) is 22.2 Å². The van der Waals surface area contributed by atoms with Gasteiger partial charge in [-0.05, 0) is 60.9 Å². The number of nitrogen functional groups attached to an aromatic ring is 1. The van der Waals surface area contributed by atoms with E-state index in [0.29, 0.717) is 32.9 Å². The van der Waals surface area contributed by atoms with Gasteiger partial charge in [-0.3, -0.25) is 4.79 Å². The van der Waals surface area contributed by atoms with Crippen LogP contribution in [0.3, 0.4) is 0 Å². The van der Waals surface area contributed by atoms with E-state index in [-0.39, 0.29) is 17.3 Å². The van der Waals surface area contributed by atoms with E-state index >= 15 is 0 Å². The minimum Gasteiger partial charge on any atom is -0.383 e. The number of aromatic nitrogens is 3. The summed E-state index contributed by atoms with van der Waals surface area (Å²) in [4.78, 5) is 22.9. The van der Waals surface area contributed by atoms with E-state index in [1.807, 2.05) is 68.4 Å². The number of fused-ring (bicyclic) bond motifs is 2.